The Balaban J connectivity index is 2.01. The predicted molar refractivity (Wildman–Crippen MR) is 52.1 cm³/mol. The second-order valence-electron chi connectivity index (χ2n) is 4.27. The molecule has 0 aromatic heterocycles. The van der Waals surface area contributed by atoms with Crippen LogP contribution in [-0.2, 0) is 0 Å². The third kappa shape index (κ3) is 1.31. The van der Waals surface area contributed by atoms with Crippen molar-refractivity contribution in [3.63, 3.8) is 0 Å². The SMILES string of the molecule is CC1=CCCC(N2CCC2)C1C. The zero-order chi connectivity index (χ0) is 8.55. The highest BCUT2D eigenvalue weighted by Crippen LogP contribution is 2.30. The standard InChI is InChI=1S/C11H19N/c1-9-5-3-6-11(10(9)2)12-7-4-8-12/h5,10-11H,3-4,6-8H2,1-2H3. The third-order valence-corrected chi connectivity index (χ3v) is 3.58. The molecule has 0 spiro atoms. The van der Waals surface area contributed by atoms with E-state index in [1.165, 1.54) is 32.4 Å². The molecule has 12 heavy (non-hydrogen) atoms. The van der Waals surface area contributed by atoms with Gasteiger partial charge in [0.1, 0.15) is 0 Å². The number of hydrogen-bond acceptors (Lipinski definition) is 1. The fraction of sp³-hybridized carbons (Fsp3) is 0.818. The molecule has 2 rings (SSSR count). The van der Waals surface area contributed by atoms with Crippen LogP contribution in [0.15, 0.2) is 11.6 Å². The Labute approximate surface area is 75.4 Å². The van der Waals surface area contributed by atoms with Gasteiger partial charge in [-0.05, 0) is 45.2 Å². The highest BCUT2D eigenvalue weighted by Gasteiger charge is 2.30. The van der Waals surface area contributed by atoms with Gasteiger partial charge in [0.25, 0.3) is 0 Å². The molecular formula is C11H19N. The van der Waals surface area contributed by atoms with Crippen LogP contribution in [0.25, 0.3) is 0 Å². The molecule has 0 amide bonds. The van der Waals surface area contributed by atoms with Gasteiger partial charge >= 0.3 is 0 Å². The Morgan fingerprint density at radius 1 is 1.42 bits per heavy atom. The van der Waals surface area contributed by atoms with Gasteiger partial charge in [-0.15, -0.1) is 0 Å². The Morgan fingerprint density at radius 3 is 2.75 bits per heavy atom. The molecule has 1 nitrogen and oxygen atoms in total. The van der Waals surface area contributed by atoms with E-state index in [9.17, 15) is 0 Å². The monoisotopic (exact) mass is 165 g/mol. The third-order valence-electron chi connectivity index (χ3n) is 3.58. The Kier molecular flexibility index (Phi) is 2.22. The van der Waals surface area contributed by atoms with Crippen molar-refractivity contribution in [3.8, 4) is 0 Å². The lowest BCUT2D eigenvalue weighted by Gasteiger charge is -2.43. The normalized spacial score (nSPS) is 37.3. The number of hydrogen-bond donors (Lipinski definition) is 0. The quantitative estimate of drug-likeness (QED) is 0.539. The first-order valence-corrected chi connectivity index (χ1v) is 5.20. The van der Waals surface area contributed by atoms with Crippen LogP contribution >= 0.6 is 0 Å². The van der Waals surface area contributed by atoms with E-state index in [2.05, 4.69) is 24.8 Å². The maximum atomic E-state index is 2.65. The van der Waals surface area contributed by atoms with E-state index in [-0.39, 0.29) is 0 Å². The zero-order valence-electron chi connectivity index (χ0n) is 8.21. The summed E-state index contributed by atoms with van der Waals surface area (Å²) in [7, 11) is 0. The maximum absolute atomic E-state index is 2.65. The van der Waals surface area contributed by atoms with Crippen LogP contribution in [0.3, 0.4) is 0 Å². The number of likely N-dealkylation sites (tertiary alicyclic amines) is 1. The van der Waals surface area contributed by atoms with Crippen LogP contribution in [0, 0.1) is 5.92 Å². The summed E-state index contributed by atoms with van der Waals surface area (Å²) in [4.78, 5) is 2.65. The average Bonchev–Trinajstić information content (AvgIpc) is 1.95. The van der Waals surface area contributed by atoms with Gasteiger partial charge in [-0.3, -0.25) is 4.90 Å². The summed E-state index contributed by atoms with van der Waals surface area (Å²) < 4.78 is 0. The molecule has 1 saturated heterocycles. The summed E-state index contributed by atoms with van der Waals surface area (Å²) in [5.41, 5.74) is 1.61. The summed E-state index contributed by atoms with van der Waals surface area (Å²) in [6, 6.07) is 0.865. The Morgan fingerprint density at radius 2 is 2.17 bits per heavy atom. The molecule has 0 radical (unpaired) electrons. The van der Waals surface area contributed by atoms with Crippen LogP contribution in [0.1, 0.15) is 33.1 Å². The molecule has 1 heteroatoms. The van der Waals surface area contributed by atoms with E-state index in [0.717, 1.165) is 12.0 Å². The van der Waals surface area contributed by atoms with Gasteiger partial charge in [-0.25, -0.2) is 0 Å². The Bertz CT molecular complexity index is 191. The minimum atomic E-state index is 0.805. The Hall–Kier alpha value is -0.300. The highest BCUT2D eigenvalue weighted by atomic mass is 15.2. The average molecular weight is 165 g/mol. The fourth-order valence-corrected chi connectivity index (χ4v) is 2.39. The van der Waals surface area contributed by atoms with Gasteiger partial charge < -0.3 is 0 Å². The number of rotatable bonds is 1. The minimum absolute atomic E-state index is 0.805. The lowest BCUT2D eigenvalue weighted by Crippen LogP contribution is -2.49. The van der Waals surface area contributed by atoms with E-state index < -0.39 is 0 Å². The lowest BCUT2D eigenvalue weighted by molar-refractivity contribution is 0.0828. The van der Waals surface area contributed by atoms with Gasteiger partial charge in [0.15, 0.2) is 0 Å². The molecule has 1 heterocycles. The van der Waals surface area contributed by atoms with E-state index in [1.54, 1.807) is 5.57 Å². The molecular weight excluding hydrogens is 146 g/mol. The molecule has 0 saturated carbocycles. The first kappa shape index (κ1) is 8.31. The predicted octanol–water partition coefficient (Wildman–Crippen LogP) is 2.44. The van der Waals surface area contributed by atoms with E-state index in [0.29, 0.717) is 0 Å². The van der Waals surface area contributed by atoms with Crippen molar-refractivity contribution in [1.82, 2.24) is 4.90 Å². The first-order valence-electron chi connectivity index (χ1n) is 5.20. The van der Waals surface area contributed by atoms with Crippen molar-refractivity contribution in [2.45, 2.75) is 39.2 Å². The molecule has 68 valence electrons. The summed E-state index contributed by atoms with van der Waals surface area (Å²) in [5, 5.41) is 0. The summed E-state index contributed by atoms with van der Waals surface area (Å²) >= 11 is 0. The molecule has 0 aromatic carbocycles. The van der Waals surface area contributed by atoms with Crippen molar-refractivity contribution in [1.29, 1.82) is 0 Å². The molecule has 1 fully saturated rings. The molecule has 0 aromatic rings. The topological polar surface area (TPSA) is 3.24 Å². The van der Waals surface area contributed by atoms with Gasteiger partial charge in [-0.1, -0.05) is 18.6 Å². The minimum Gasteiger partial charge on any atom is -0.300 e. The van der Waals surface area contributed by atoms with Crippen molar-refractivity contribution >= 4 is 0 Å². The molecule has 1 aliphatic carbocycles. The highest BCUT2D eigenvalue weighted by molar-refractivity contribution is 5.10. The molecule has 2 aliphatic rings. The molecule has 1 aliphatic heterocycles. The number of allylic oxidation sites excluding steroid dienone is 1. The van der Waals surface area contributed by atoms with Gasteiger partial charge in [0, 0.05) is 6.04 Å². The van der Waals surface area contributed by atoms with Crippen molar-refractivity contribution in [2.75, 3.05) is 13.1 Å². The van der Waals surface area contributed by atoms with Crippen molar-refractivity contribution in [3.05, 3.63) is 11.6 Å². The van der Waals surface area contributed by atoms with Crippen LogP contribution in [0.2, 0.25) is 0 Å². The van der Waals surface area contributed by atoms with Crippen LogP contribution < -0.4 is 0 Å². The maximum Gasteiger partial charge on any atom is 0.0161 e. The molecule has 2 unspecified atom stereocenters. The molecule has 2 atom stereocenters. The van der Waals surface area contributed by atoms with Gasteiger partial charge in [0.2, 0.25) is 0 Å². The summed E-state index contributed by atoms with van der Waals surface area (Å²) in [6.07, 6.45) is 6.53. The molecule has 0 bridgehead atoms. The van der Waals surface area contributed by atoms with Crippen molar-refractivity contribution < 1.29 is 0 Å². The summed E-state index contributed by atoms with van der Waals surface area (Å²) in [6.45, 7) is 7.37. The second-order valence-corrected chi connectivity index (χ2v) is 4.27. The van der Waals surface area contributed by atoms with E-state index in [4.69, 9.17) is 0 Å². The van der Waals surface area contributed by atoms with Gasteiger partial charge in [-0.2, -0.15) is 0 Å². The largest absolute Gasteiger partial charge is 0.300 e. The number of nitrogens with zero attached hydrogens (tertiary/aromatic N) is 1. The second kappa shape index (κ2) is 3.21. The van der Waals surface area contributed by atoms with Gasteiger partial charge in [0.05, 0.1) is 0 Å². The first-order chi connectivity index (χ1) is 5.79. The zero-order valence-corrected chi connectivity index (χ0v) is 8.21. The fourth-order valence-electron chi connectivity index (χ4n) is 2.39. The van der Waals surface area contributed by atoms with Crippen LogP contribution in [-0.4, -0.2) is 24.0 Å². The van der Waals surface area contributed by atoms with Crippen LogP contribution in [0.5, 0.6) is 0 Å². The van der Waals surface area contributed by atoms with E-state index >= 15 is 0 Å². The molecule has 0 N–H and O–H groups in total. The van der Waals surface area contributed by atoms with Crippen LogP contribution in [0.4, 0.5) is 0 Å². The van der Waals surface area contributed by atoms with E-state index in [1.807, 2.05) is 0 Å². The smallest absolute Gasteiger partial charge is 0.0161 e. The van der Waals surface area contributed by atoms with Crippen molar-refractivity contribution in [2.24, 2.45) is 5.92 Å². The lowest BCUT2D eigenvalue weighted by atomic mass is 9.83. The summed E-state index contributed by atoms with van der Waals surface area (Å²) in [5.74, 6) is 0.805.